The molecule has 4 nitrogen and oxygen atoms in total. The lowest BCUT2D eigenvalue weighted by Crippen LogP contribution is -2.40. The van der Waals surface area contributed by atoms with Gasteiger partial charge in [0.05, 0.1) is 0 Å². The fourth-order valence-electron chi connectivity index (χ4n) is 2.75. The molecule has 0 bridgehead atoms. The van der Waals surface area contributed by atoms with E-state index in [1.165, 1.54) is 5.56 Å². The van der Waals surface area contributed by atoms with Gasteiger partial charge in [-0.15, -0.1) is 0 Å². The predicted octanol–water partition coefficient (Wildman–Crippen LogP) is 1.71. The molecule has 4 heteroatoms. The molecule has 1 fully saturated rings. The number of hydrogen-bond donors (Lipinski definition) is 2. The summed E-state index contributed by atoms with van der Waals surface area (Å²) in [5.41, 5.74) is 2.38. The highest BCUT2D eigenvalue weighted by Gasteiger charge is 2.24. The molecule has 2 rings (SSSR count). The third-order valence-electron chi connectivity index (χ3n) is 4.18. The van der Waals surface area contributed by atoms with Gasteiger partial charge in [-0.25, -0.2) is 0 Å². The van der Waals surface area contributed by atoms with Crippen molar-refractivity contribution in [3.63, 3.8) is 0 Å². The number of nitrogens with zero attached hydrogens (tertiary/aromatic N) is 1. The van der Waals surface area contributed by atoms with E-state index in [1.807, 2.05) is 0 Å². The molecule has 0 saturated carbocycles. The Kier molecular flexibility index (Phi) is 6.21. The van der Waals surface area contributed by atoms with Gasteiger partial charge in [-0.1, -0.05) is 29.8 Å². The highest BCUT2D eigenvalue weighted by atomic mass is 16.3. The molecule has 1 aromatic carbocycles. The lowest BCUT2D eigenvalue weighted by Gasteiger charge is -2.31. The first-order valence-electron chi connectivity index (χ1n) is 7.85. The van der Waals surface area contributed by atoms with E-state index in [2.05, 4.69) is 41.4 Å². The van der Waals surface area contributed by atoms with Crippen molar-refractivity contribution in [3.05, 3.63) is 35.4 Å². The minimum atomic E-state index is 0.140. The molecule has 1 aromatic rings. The quantitative estimate of drug-likeness (QED) is 0.838. The van der Waals surface area contributed by atoms with E-state index in [9.17, 15) is 4.79 Å². The van der Waals surface area contributed by atoms with E-state index in [4.69, 9.17) is 5.11 Å². The summed E-state index contributed by atoms with van der Waals surface area (Å²) >= 11 is 0. The van der Waals surface area contributed by atoms with Crippen LogP contribution in [-0.2, 0) is 11.3 Å². The van der Waals surface area contributed by atoms with E-state index in [-0.39, 0.29) is 18.4 Å². The molecular weight excluding hydrogens is 264 g/mol. The Morgan fingerprint density at radius 3 is 2.57 bits per heavy atom. The van der Waals surface area contributed by atoms with Gasteiger partial charge >= 0.3 is 0 Å². The van der Waals surface area contributed by atoms with E-state index >= 15 is 0 Å². The zero-order valence-electron chi connectivity index (χ0n) is 12.8. The van der Waals surface area contributed by atoms with Gasteiger partial charge in [0.25, 0.3) is 0 Å². The van der Waals surface area contributed by atoms with Crippen molar-refractivity contribution in [2.24, 2.45) is 5.92 Å². The number of carbonyl (C=O) groups excluding carboxylic acids is 1. The smallest absolute Gasteiger partial charge is 0.223 e. The number of carbonyl (C=O) groups is 1. The van der Waals surface area contributed by atoms with Crippen LogP contribution in [0.1, 0.15) is 30.4 Å². The monoisotopic (exact) mass is 290 g/mol. The largest absolute Gasteiger partial charge is 0.396 e. The summed E-state index contributed by atoms with van der Waals surface area (Å²) in [7, 11) is 0. The molecule has 1 heterocycles. The number of likely N-dealkylation sites (tertiary alicyclic amines) is 1. The van der Waals surface area contributed by atoms with Crippen LogP contribution in [-0.4, -0.2) is 42.2 Å². The molecule has 0 unspecified atom stereocenters. The maximum atomic E-state index is 12.2. The summed E-state index contributed by atoms with van der Waals surface area (Å²) in [6.45, 7) is 5.78. The molecule has 0 spiro atoms. The van der Waals surface area contributed by atoms with Gasteiger partial charge in [0.2, 0.25) is 5.91 Å². The Hall–Kier alpha value is -1.39. The average Bonchev–Trinajstić information content (AvgIpc) is 2.52. The second-order valence-electron chi connectivity index (χ2n) is 5.90. The molecule has 0 radical (unpaired) electrons. The van der Waals surface area contributed by atoms with Crippen LogP contribution in [0.3, 0.4) is 0 Å². The minimum absolute atomic E-state index is 0.140. The summed E-state index contributed by atoms with van der Waals surface area (Å²) in [6.07, 6.45) is 2.67. The molecule has 0 aromatic heterocycles. The predicted molar refractivity (Wildman–Crippen MR) is 83.9 cm³/mol. The molecule has 1 aliphatic heterocycles. The number of rotatable bonds is 6. The number of aliphatic hydroxyl groups excluding tert-OH is 1. The van der Waals surface area contributed by atoms with E-state index in [0.717, 1.165) is 44.5 Å². The summed E-state index contributed by atoms with van der Waals surface area (Å²) in [6, 6.07) is 8.27. The second-order valence-corrected chi connectivity index (χ2v) is 5.90. The maximum absolute atomic E-state index is 12.2. The first-order valence-corrected chi connectivity index (χ1v) is 7.85. The van der Waals surface area contributed by atoms with Gasteiger partial charge in [0.15, 0.2) is 0 Å². The van der Waals surface area contributed by atoms with Gasteiger partial charge in [0, 0.05) is 25.6 Å². The first-order chi connectivity index (χ1) is 10.2. The van der Waals surface area contributed by atoms with Crippen LogP contribution in [0.2, 0.25) is 0 Å². The zero-order valence-corrected chi connectivity index (χ0v) is 12.8. The Labute approximate surface area is 127 Å². The molecule has 1 saturated heterocycles. The first kappa shape index (κ1) is 16.0. The molecule has 116 valence electrons. The standard InChI is InChI=1S/C17H26N2O2/c1-14-3-5-15(6-4-14)13-18-17(21)16-7-10-19(11-8-16)9-2-12-20/h3-6,16,20H,2,7-13H2,1H3,(H,18,21). The van der Waals surface area contributed by atoms with E-state index in [0.29, 0.717) is 6.54 Å². The van der Waals surface area contributed by atoms with Crippen molar-refractivity contribution >= 4 is 5.91 Å². The third kappa shape index (κ3) is 5.14. The van der Waals surface area contributed by atoms with Gasteiger partial charge in [-0.3, -0.25) is 4.79 Å². The Balaban J connectivity index is 1.71. The molecule has 21 heavy (non-hydrogen) atoms. The average molecular weight is 290 g/mol. The van der Waals surface area contributed by atoms with Crippen LogP contribution in [0, 0.1) is 12.8 Å². The van der Waals surface area contributed by atoms with Crippen molar-refractivity contribution < 1.29 is 9.90 Å². The molecule has 0 aliphatic carbocycles. The number of piperidine rings is 1. The highest BCUT2D eigenvalue weighted by molar-refractivity contribution is 5.78. The van der Waals surface area contributed by atoms with Crippen LogP contribution in [0.5, 0.6) is 0 Å². The van der Waals surface area contributed by atoms with E-state index < -0.39 is 0 Å². The third-order valence-corrected chi connectivity index (χ3v) is 4.18. The van der Waals surface area contributed by atoms with Crippen LogP contribution in [0.4, 0.5) is 0 Å². The number of benzene rings is 1. The van der Waals surface area contributed by atoms with Gasteiger partial charge < -0.3 is 15.3 Å². The summed E-state index contributed by atoms with van der Waals surface area (Å²) in [5.74, 6) is 0.318. The molecule has 1 amide bonds. The molecule has 1 aliphatic rings. The molecular formula is C17H26N2O2. The van der Waals surface area contributed by atoms with Crippen molar-refractivity contribution in [1.29, 1.82) is 0 Å². The molecule has 2 N–H and O–H groups in total. The lowest BCUT2D eigenvalue weighted by molar-refractivity contribution is -0.126. The number of aryl methyl sites for hydroxylation is 1. The SMILES string of the molecule is Cc1ccc(CNC(=O)C2CCN(CCCO)CC2)cc1. The highest BCUT2D eigenvalue weighted by Crippen LogP contribution is 2.17. The number of nitrogens with one attached hydrogen (secondary N) is 1. The van der Waals surface area contributed by atoms with Crippen molar-refractivity contribution in [1.82, 2.24) is 10.2 Å². The summed E-state index contributed by atoms with van der Waals surface area (Å²) in [5, 5.41) is 11.9. The van der Waals surface area contributed by atoms with Crippen LogP contribution < -0.4 is 5.32 Å². The Morgan fingerprint density at radius 1 is 1.29 bits per heavy atom. The van der Waals surface area contributed by atoms with Crippen molar-refractivity contribution in [2.45, 2.75) is 32.7 Å². The molecule has 0 atom stereocenters. The van der Waals surface area contributed by atoms with E-state index in [1.54, 1.807) is 0 Å². The van der Waals surface area contributed by atoms with Gasteiger partial charge in [-0.2, -0.15) is 0 Å². The minimum Gasteiger partial charge on any atom is -0.396 e. The Morgan fingerprint density at radius 2 is 1.95 bits per heavy atom. The zero-order chi connectivity index (χ0) is 15.1. The number of hydrogen-bond acceptors (Lipinski definition) is 3. The topological polar surface area (TPSA) is 52.6 Å². The van der Waals surface area contributed by atoms with Crippen LogP contribution >= 0.6 is 0 Å². The Bertz CT molecular complexity index is 437. The second kappa shape index (κ2) is 8.15. The van der Waals surface area contributed by atoms with Crippen LogP contribution in [0.15, 0.2) is 24.3 Å². The summed E-state index contributed by atoms with van der Waals surface area (Å²) < 4.78 is 0. The van der Waals surface area contributed by atoms with Gasteiger partial charge in [0.1, 0.15) is 0 Å². The van der Waals surface area contributed by atoms with Gasteiger partial charge in [-0.05, 0) is 44.8 Å². The maximum Gasteiger partial charge on any atom is 0.223 e. The lowest BCUT2D eigenvalue weighted by atomic mass is 9.95. The van der Waals surface area contributed by atoms with Crippen molar-refractivity contribution in [2.75, 3.05) is 26.2 Å². The van der Waals surface area contributed by atoms with Crippen molar-refractivity contribution in [3.8, 4) is 0 Å². The summed E-state index contributed by atoms with van der Waals surface area (Å²) in [4.78, 5) is 14.5. The van der Waals surface area contributed by atoms with Crippen LogP contribution in [0.25, 0.3) is 0 Å². The fourth-order valence-corrected chi connectivity index (χ4v) is 2.75. The number of amides is 1. The number of aliphatic hydroxyl groups is 1. The normalized spacial score (nSPS) is 16.9. The fraction of sp³-hybridized carbons (Fsp3) is 0.588.